The molecule has 19 heavy (non-hydrogen) atoms. The van der Waals surface area contributed by atoms with Gasteiger partial charge >= 0.3 is 0 Å². The van der Waals surface area contributed by atoms with Crippen molar-refractivity contribution in [2.45, 2.75) is 58.4 Å². The Morgan fingerprint density at radius 1 is 1.11 bits per heavy atom. The van der Waals surface area contributed by atoms with E-state index in [1.54, 1.807) is 0 Å². The van der Waals surface area contributed by atoms with Crippen LogP contribution in [0.1, 0.15) is 57.6 Å². The van der Waals surface area contributed by atoms with E-state index < -0.39 is 0 Å². The van der Waals surface area contributed by atoms with Crippen molar-refractivity contribution >= 4 is 0 Å². The summed E-state index contributed by atoms with van der Waals surface area (Å²) < 4.78 is 0. The summed E-state index contributed by atoms with van der Waals surface area (Å²) in [5.74, 6) is 0.617. The molecule has 0 aromatic heterocycles. The van der Waals surface area contributed by atoms with Gasteiger partial charge in [0.2, 0.25) is 0 Å². The second-order valence-electron chi connectivity index (χ2n) is 6.49. The summed E-state index contributed by atoms with van der Waals surface area (Å²) in [5.41, 5.74) is 8.75. The Bertz CT molecular complexity index is 347. The number of hydrogen-bond donors (Lipinski definition) is 2. The predicted octanol–water partition coefficient (Wildman–Crippen LogP) is 3.46. The van der Waals surface area contributed by atoms with Crippen LogP contribution in [0.25, 0.3) is 0 Å². The molecule has 0 radical (unpaired) electrons. The fourth-order valence-corrected chi connectivity index (χ4v) is 2.10. The second kappa shape index (κ2) is 7.66. The summed E-state index contributed by atoms with van der Waals surface area (Å²) >= 11 is 0. The molecule has 2 heteroatoms. The average molecular weight is 262 g/mol. The molecule has 0 saturated carbocycles. The number of benzene rings is 1. The highest BCUT2D eigenvalue weighted by Gasteiger charge is 2.08. The highest BCUT2D eigenvalue weighted by atomic mass is 14.8. The second-order valence-corrected chi connectivity index (χ2v) is 6.49. The number of rotatable bonds is 8. The van der Waals surface area contributed by atoms with Crippen LogP contribution < -0.4 is 11.1 Å². The van der Waals surface area contributed by atoms with E-state index in [0.29, 0.717) is 5.92 Å². The fraction of sp³-hybridized carbons (Fsp3) is 0.647. The summed E-state index contributed by atoms with van der Waals surface area (Å²) in [6.45, 7) is 10.7. The van der Waals surface area contributed by atoms with Crippen molar-refractivity contribution in [3.05, 3.63) is 35.4 Å². The van der Waals surface area contributed by atoms with Crippen LogP contribution in [0.4, 0.5) is 0 Å². The highest BCUT2D eigenvalue weighted by Crippen LogP contribution is 2.14. The van der Waals surface area contributed by atoms with Crippen molar-refractivity contribution in [2.24, 2.45) is 5.73 Å². The van der Waals surface area contributed by atoms with Gasteiger partial charge < -0.3 is 11.1 Å². The summed E-state index contributed by atoms with van der Waals surface area (Å²) in [6.07, 6.45) is 3.32. The molecule has 0 bridgehead atoms. The first-order chi connectivity index (χ1) is 8.88. The molecule has 0 heterocycles. The van der Waals surface area contributed by atoms with Gasteiger partial charge in [-0.25, -0.2) is 0 Å². The first kappa shape index (κ1) is 16.2. The third-order valence-corrected chi connectivity index (χ3v) is 3.41. The Balaban J connectivity index is 2.16. The molecular weight excluding hydrogens is 232 g/mol. The van der Waals surface area contributed by atoms with Gasteiger partial charge in [0.05, 0.1) is 0 Å². The minimum absolute atomic E-state index is 0.0334. The Morgan fingerprint density at radius 3 is 2.26 bits per heavy atom. The molecule has 0 saturated heterocycles. The summed E-state index contributed by atoms with van der Waals surface area (Å²) in [7, 11) is 0. The van der Waals surface area contributed by atoms with E-state index in [2.05, 4.69) is 57.3 Å². The molecule has 0 amide bonds. The first-order valence-electron chi connectivity index (χ1n) is 7.47. The summed E-state index contributed by atoms with van der Waals surface area (Å²) in [6, 6.07) is 8.99. The Labute approximate surface area is 118 Å². The monoisotopic (exact) mass is 262 g/mol. The van der Waals surface area contributed by atoms with Gasteiger partial charge in [-0.1, -0.05) is 38.1 Å². The number of hydrogen-bond acceptors (Lipinski definition) is 2. The summed E-state index contributed by atoms with van der Waals surface area (Å²) in [5, 5.41) is 3.49. The van der Waals surface area contributed by atoms with Gasteiger partial charge in [0, 0.05) is 5.54 Å². The van der Waals surface area contributed by atoms with E-state index in [9.17, 15) is 0 Å². The molecule has 0 unspecified atom stereocenters. The maximum atomic E-state index is 5.95. The normalized spacial score (nSPS) is 12.1. The first-order valence-corrected chi connectivity index (χ1v) is 7.47. The molecule has 3 N–H and O–H groups in total. The molecule has 0 fully saturated rings. The van der Waals surface area contributed by atoms with Gasteiger partial charge in [-0.2, -0.15) is 0 Å². The maximum absolute atomic E-state index is 5.95. The maximum Gasteiger partial charge on any atom is 0.00975 e. The van der Waals surface area contributed by atoms with Gasteiger partial charge in [-0.3, -0.25) is 0 Å². The Morgan fingerprint density at radius 2 is 1.74 bits per heavy atom. The quantitative estimate of drug-likeness (QED) is 0.704. The predicted molar refractivity (Wildman–Crippen MR) is 84.6 cm³/mol. The average Bonchev–Trinajstić information content (AvgIpc) is 2.33. The lowest BCUT2D eigenvalue weighted by Gasteiger charge is -2.18. The lowest BCUT2D eigenvalue weighted by atomic mass is 10.00. The molecule has 108 valence electrons. The zero-order chi connectivity index (χ0) is 14.3. The van der Waals surface area contributed by atoms with Crippen molar-refractivity contribution in [3.8, 4) is 0 Å². The van der Waals surface area contributed by atoms with Gasteiger partial charge in [0.15, 0.2) is 0 Å². The molecule has 0 aliphatic heterocycles. The van der Waals surface area contributed by atoms with Crippen molar-refractivity contribution < 1.29 is 0 Å². The Kier molecular flexibility index (Phi) is 6.53. The molecule has 0 aliphatic rings. The number of nitrogens with two attached hydrogens (primary N) is 1. The van der Waals surface area contributed by atoms with Gasteiger partial charge in [0.1, 0.15) is 0 Å². The van der Waals surface area contributed by atoms with Gasteiger partial charge in [0.25, 0.3) is 0 Å². The molecule has 1 aromatic carbocycles. The van der Waals surface area contributed by atoms with Crippen molar-refractivity contribution in [1.29, 1.82) is 0 Å². The zero-order valence-electron chi connectivity index (χ0n) is 13.0. The van der Waals surface area contributed by atoms with E-state index >= 15 is 0 Å². The van der Waals surface area contributed by atoms with E-state index in [0.717, 1.165) is 32.4 Å². The topological polar surface area (TPSA) is 38.0 Å². The Hall–Kier alpha value is -0.860. The molecular formula is C17H30N2. The van der Waals surface area contributed by atoms with Crippen LogP contribution in [0.3, 0.4) is 0 Å². The highest BCUT2D eigenvalue weighted by molar-refractivity contribution is 5.24. The molecule has 1 rings (SSSR count). The lowest BCUT2D eigenvalue weighted by Crippen LogP contribution is -2.33. The van der Waals surface area contributed by atoms with Crippen LogP contribution in [0, 0.1) is 0 Å². The van der Waals surface area contributed by atoms with Crippen LogP contribution in [-0.4, -0.2) is 18.6 Å². The van der Waals surface area contributed by atoms with Crippen molar-refractivity contribution in [2.75, 3.05) is 13.1 Å². The molecule has 0 aliphatic carbocycles. The fourth-order valence-electron chi connectivity index (χ4n) is 2.10. The van der Waals surface area contributed by atoms with E-state index in [4.69, 9.17) is 5.73 Å². The third-order valence-electron chi connectivity index (χ3n) is 3.41. The minimum Gasteiger partial charge on any atom is -0.326 e. The standard InChI is InChI=1S/C17H30N2/c1-14(2)16-8-6-15(7-9-16)10-13-19-12-5-11-17(3,4)18/h6-9,14,19H,5,10-13,18H2,1-4H3. The van der Waals surface area contributed by atoms with Crippen LogP contribution in [0.5, 0.6) is 0 Å². The van der Waals surface area contributed by atoms with Crippen LogP contribution in [-0.2, 0) is 6.42 Å². The number of nitrogens with one attached hydrogen (secondary N) is 1. The molecule has 0 atom stereocenters. The molecule has 2 nitrogen and oxygen atoms in total. The largest absolute Gasteiger partial charge is 0.326 e. The molecule has 1 aromatic rings. The van der Waals surface area contributed by atoms with Gasteiger partial charge in [-0.15, -0.1) is 0 Å². The van der Waals surface area contributed by atoms with Crippen LogP contribution >= 0.6 is 0 Å². The van der Waals surface area contributed by atoms with Crippen LogP contribution in [0.15, 0.2) is 24.3 Å². The van der Waals surface area contributed by atoms with E-state index in [1.165, 1.54) is 11.1 Å². The zero-order valence-corrected chi connectivity index (χ0v) is 13.0. The molecule has 0 spiro atoms. The van der Waals surface area contributed by atoms with E-state index in [1.807, 2.05) is 0 Å². The van der Waals surface area contributed by atoms with Gasteiger partial charge in [-0.05, 0) is 63.2 Å². The third kappa shape index (κ3) is 7.34. The SMILES string of the molecule is CC(C)c1ccc(CCNCCCC(C)(C)N)cc1. The van der Waals surface area contributed by atoms with Crippen molar-refractivity contribution in [1.82, 2.24) is 5.32 Å². The minimum atomic E-state index is -0.0334. The summed E-state index contributed by atoms with van der Waals surface area (Å²) in [4.78, 5) is 0. The lowest BCUT2D eigenvalue weighted by molar-refractivity contribution is 0.449. The smallest absolute Gasteiger partial charge is 0.00975 e. The van der Waals surface area contributed by atoms with Crippen molar-refractivity contribution in [3.63, 3.8) is 0 Å². The van der Waals surface area contributed by atoms with Crippen LogP contribution in [0.2, 0.25) is 0 Å². The van der Waals surface area contributed by atoms with E-state index in [-0.39, 0.29) is 5.54 Å².